The van der Waals surface area contributed by atoms with E-state index < -0.39 is 0 Å². The van der Waals surface area contributed by atoms with Gasteiger partial charge in [-0.25, -0.2) is 0 Å². The highest BCUT2D eigenvalue weighted by molar-refractivity contribution is 5.96. The number of carbonyl (C=O) groups is 1. The fourth-order valence-electron chi connectivity index (χ4n) is 3.89. The van der Waals surface area contributed by atoms with Crippen LogP contribution in [0.5, 0.6) is 0 Å². The largest absolute Gasteiger partial charge is 0.325 e. The number of nitrogens with one attached hydrogen (secondary N) is 2. The van der Waals surface area contributed by atoms with E-state index in [0.29, 0.717) is 5.92 Å². The van der Waals surface area contributed by atoms with Crippen LogP contribution in [0.2, 0.25) is 0 Å². The Labute approximate surface area is 133 Å². The molecule has 2 atom stereocenters. The smallest absolute Gasteiger partial charge is 0.232 e. The van der Waals surface area contributed by atoms with Crippen molar-refractivity contribution in [3.05, 3.63) is 29.3 Å². The van der Waals surface area contributed by atoms with Crippen molar-refractivity contribution in [3.8, 4) is 0 Å². The maximum absolute atomic E-state index is 12.9. The Morgan fingerprint density at radius 3 is 2.90 bits per heavy atom. The molecule has 0 radical (unpaired) electrons. The molecule has 1 saturated heterocycles. The second-order valence-corrected chi connectivity index (χ2v) is 6.50. The predicted octanol–water partition coefficient (Wildman–Crippen LogP) is 3.44. The van der Waals surface area contributed by atoms with Crippen LogP contribution in [0.3, 0.4) is 0 Å². The van der Waals surface area contributed by atoms with Gasteiger partial charge in [-0.05, 0) is 50.8 Å². The first kappa shape index (κ1) is 16.3. The van der Waals surface area contributed by atoms with Gasteiger partial charge in [0, 0.05) is 12.2 Å². The Morgan fingerprint density at radius 1 is 1.33 bits per heavy atom. The summed E-state index contributed by atoms with van der Waals surface area (Å²) in [5.41, 5.74) is 3.17. The van der Waals surface area contributed by atoms with Crippen LogP contribution in [-0.4, -0.2) is 19.0 Å². The standard InChI is InChI=1S/C17H24N2O.ClH/c1-12-6-7-15(13(2)9-12)19-16(20)17-8-4-3-5-14(17)10-18-11-17;/h6-7,9,14,18H,3-5,8,10-11H2,1-2H3,(H,19,20);1H/t14-,17+;/m0./s1. The van der Waals surface area contributed by atoms with Gasteiger partial charge in [0.15, 0.2) is 0 Å². The quantitative estimate of drug-likeness (QED) is 0.878. The lowest BCUT2D eigenvalue weighted by Gasteiger charge is -2.37. The minimum Gasteiger partial charge on any atom is -0.325 e. The van der Waals surface area contributed by atoms with E-state index in [0.717, 1.165) is 30.8 Å². The van der Waals surface area contributed by atoms with E-state index in [1.807, 2.05) is 6.07 Å². The van der Waals surface area contributed by atoms with Gasteiger partial charge < -0.3 is 10.6 Å². The molecule has 0 spiro atoms. The van der Waals surface area contributed by atoms with Gasteiger partial charge in [-0.15, -0.1) is 12.4 Å². The lowest BCUT2D eigenvalue weighted by atomic mass is 9.67. The van der Waals surface area contributed by atoms with Crippen molar-refractivity contribution in [2.45, 2.75) is 39.5 Å². The number of hydrogen-bond acceptors (Lipinski definition) is 2. The summed E-state index contributed by atoms with van der Waals surface area (Å²) in [7, 11) is 0. The van der Waals surface area contributed by atoms with E-state index in [1.54, 1.807) is 0 Å². The number of carbonyl (C=O) groups excluding carboxylic acids is 1. The zero-order valence-corrected chi connectivity index (χ0v) is 13.7. The van der Waals surface area contributed by atoms with Crippen LogP contribution < -0.4 is 10.6 Å². The van der Waals surface area contributed by atoms with E-state index >= 15 is 0 Å². The number of rotatable bonds is 2. The molecular weight excluding hydrogens is 284 g/mol. The van der Waals surface area contributed by atoms with Crippen molar-refractivity contribution in [3.63, 3.8) is 0 Å². The zero-order chi connectivity index (χ0) is 14.2. The molecule has 0 bridgehead atoms. The molecule has 1 amide bonds. The van der Waals surface area contributed by atoms with Crippen LogP contribution in [-0.2, 0) is 4.79 Å². The Balaban J connectivity index is 0.00000161. The summed E-state index contributed by atoms with van der Waals surface area (Å²) in [6, 6.07) is 6.21. The van der Waals surface area contributed by atoms with Crippen molar-refractivity contribution < 1.29 is 4.79 Å². The number of benzene rings is 1. The summed E-state index contributed by atoms with van der Waals surface area (Å²) in [5.74, 6) is 0.737. The summed E-state index contributed by atoms with van der Waals surface area (Å²) in [4.78, 5) is 12.9. The third kappa shape index (κ3) is 2.95. The van der Waals surface area contributed by atoms with E-state index in [1.165, 1.54) is 24.8 Å². The highest BCUT2D eigenvalue weighted by Gasteiger charge is 2.49. The molecule has 1 saturated carbocycles. The van der Waals surface area contributed by atoms with Gasteiger partial charge in [0.1, 0.15) is 0 Å². The average molecular weight is 309 g/mol. The van der Waals surface area contributed by atoms with Gasteiger partial charge in [0.05, 0.1) is 5.41 Å². The summed E-state index contributed by atoms with van der Waals surface area (Å²) in [6.45, 7) is 5.98. The molecule has 4 heteroatoms. The first-order valence-corrected chi connectivity index (χ1v) is 7.71. The number of hydrogen-bond donors (Lipinski definition) is 2. The highest BCUT2D eigenvalue weighted by Crippen LogP contribution is 2.44. The lowest BCUT2D eigenvalue weighted by Crippen LogP contribution is -2.44. The second-order valence-electron chi connectivity index (χ2n) is 6.50. The van der Waals surface area contributed by atoms with Crippen LogP contribution >= 0.6 is 12.4 Å². The van der Waals surface area contributed by atoms with Gasteiger partial charge in [-0.2, -0.15) is 0 Å². The molecule has 1 aromatic carbocycles. The topological polar surface area (TPSA) is 41.1 Å². The number of fused-ring (bicyclic) bond motifs is 1. The van der Waals surface area contributed by atoms with Crippen molar-refractivity contribution >= 4 is 24.0 Å². The minimum atomic E-state index is -0.171. The normalized spacial score (nSPS) is 27.6. The van der Waals surface area contributed by atoms with Crippen LogP contribution in [0.4, 0.5) is 5.69 Å². The highest BCUT2D eigenvalue weighted by atomic mass is 35.5. The Kier molecular flexibility index (Phi) is 4.95. The summed E-state index contributed by atoms with van der Waals surface area (Å²) in [5, 5.41) is 6.63. The molecule has 2 N–H and O–H groups in total. The van der Waals surface area contributed by atoms with Gasteiger partial charge in [0.25, 0.3) is 0 Å². The maximum Gasteiger partial charge on any atom is 0.232 e. The minimum absolute atomic E-state index is 0. The first-order valence-electron chi connectivity index (χ1n) is 7.71. The molecular formula is C17H25ClN2O. The number of anilines is 1. The van der Waals surface area contributed by atoms with E-state index in [9.17, 15) is 4.79 Å². The van der Waals surface area contributed by atoms with Crippen molar-refractivity contribution in [2.75, 3.05) is 18.4 Å². The van der Waals surface area contributed by atoms with Crippen LogP contribution in [0.1, 0.15) is 36.8 Å². The molecule has 21 heavy (non-hydrogen) atoms. The monoisotopic (exact) mass is 308 g/mol. The fourth-order valence-corrected chi connectivity index (χ4v) is 3.89. The van der Waals surface area contributed by atoms with Crippen LogP contribution in [0.25, 0.3) is 0 Å². The Bertz CT molecular complexity index is 532. The molecule has 3 nitrogen and oxygen atoms in total. The third-order valence-electron chi connectivity index (χ3n) is 5.12. The van der Waals surface area contributed by atoms with Gasteiger partial charge in [-0.3, -0.25) is 4.79 Å². The molecule has 0 unspecified atom stereocenters. The lowest BCUT2D eigenvalue weighted by molar-refractivity contribution is -0.128. The van der Waals surface area contributed by atoms with Crippen molar-refractivity contribution in [1.29, 1.82) is 0 Å². The molecule has 1 aliphatic heterocycles. The van der Waals surface area contributed by atoms with E-state index in [-0.39, 0.29) is 23.7 Å². The molecule has 1 aliphatic carbocycles. The number of amides is 1. The Morgan fingerprint density at radius 2 is 2.14 bits per heavy atom. The predicted molar refractivity (Wildman–Crippen MR) is 89.1 cm³/mol. The average Bonchev–Trinajstić information content (AvgIpc) is 2.87. The van der Waals surface area contributed by atoms with Gasteiger partial charge in [0.2, 0.25) is 5.91 Å². The first-order chi connectivity index (χ1) is 9.62. The van der Waals surface area contributed by atoms with Gasteiger partial charge >= 0.3 is 0 Å². The van der Waals surface area contributed by atoms with Crippen molar-refractivity contribution in [2.24, 2.45) is 11.3 Å². The molecule has 1 aromatic rings. The second kappa shape index (κ2) is 6.37. The van der Waals surface area contributed by atoms with Crippen LogP contribution in [0, 0.1) is 25.2 Å². The molecule has 2 fully saturated rings. The third-order valence-corrected chi connectivity index (χ3v) is 5.12. The summed E-state index contributed by atoms with van der Waals surface area (Å²) in [6.07, 6.45) is 4.66. The molecule has 3 rings (SSSR count). The van der Waals surface area contributed by atoms with E-state index in [2.05, 4.69) is 36.6 Å². The fraction of sp³-hybridized carbons (Fsp3) is 0.588. The van der Waals surface area contributed by atoms with Gasteiger partial charge in [-0.1, -0.05) is 30.5 Å². The summed E-state index contributed by atoms with van der Waals surface area (Å²) < 4.78 is 0. The zero-order valence-electron chi connectivity index (χ0n) is 12.9. The number of halogens is 1. The SMILES string of the molecule is Cc1ccc(NC(=O)[C@@]23CCCC[C@H]2CNC3)c(C)c1.Cl. The molecule has 0 aromatic heterocycles. The molecule has 1 heterocycles. The van der Waals surface area contributed by atoms with Crippen LogP contribution in [0.15, 0.2) is 18.2 Å². The van der Waals surface area contributed by atoms with Crippen molar-refractivity contribution in [1.82, 2.24) is 5.32 Å². The number of aryl methyl sites for hydroxylation is 2. The van der Waals surface area contributed by atoms with E-state index in [4.69, 9.17) is 0 Å². The Hall–Kier alpha value is -1.06. The summed E-state index contributed by atoms with van der Waals surface area (Å²) >= 11 is 0. The maximum atomic E-state index is 12.9. The molecule has 2 aliphatic rings. The molecule has 116 valence electrons.